The first-order chi connectivity index (χ1) is 19.3. The van der Waals surface area contributed by atoms with Crippen molar-refractivity contribution in [2.75, 3.05) is 11.9 Å². The lowest BCUT2D eigenvalue weighted by Gasteiger charge is -2.12. The first-order valence-corrected chi connectivity index (χ1v) is 12.8. The lowest BCUT2D eigenvalue weighted by Crippen LogP contribution is -2.34. The van der Waals surface area contributed by atoms with E-state index < -0.39 is 17.4 Å². The Hall–Kier alpha value is -4.83. The first-order valence-electron chi connectivity index (χ1n) is 12.4. The third-order valence-electron chi connectivity index (χ3n) is 5.95. The zero-order valence-corrected chi connectivity index (χ0v) is 22.9. The van der Waals surface area contributed by atoms with E-state index in [1.54, 1.807) is 73.3 Å². The summed E-state index contributed by atoms with van der Waals surface area (Å²) in [5.41, 5.74) is 4.39. The Balaban J connectivity index is 1.39. The number of carbonyl (C=O) groups is 2. The van der Waals surface area contributed by atoms with Crippen LogP contribution in [0.1, 0.15) is 23.7 Å². The van der Waals surface area contributed by atoms with Crippen LogP contribution >= 0.6 is 11.6 Å². The zero-order chi connectivity index (χ0) is 28.6. The molecule has 0 saturated carbocycles. The molecule has 4 aromatic rings. The molecule has 4 rings (SSSR count). The molecule has 2 amide bonds. The molecule has 206 valence electrons. The van der Waals surface area contributed by atoms with Gasteiger partial charge in [0.15, 0.2) is 11.5 Å². The molecule has 10 nitrogen and oxygen atoms in total. The molecule has 3 aromatic carbocycles. The summed E-state index contributed by atoms with van der Waals surface area (Å²) in [7, 11) is 1.69. The molecule has 1 heterocycles. The van der Waals surface area contributed by atoms with Gasteiger partial charge in [-0.15, -0.1) is 0 Å². The van der Waals surface area contributed by atoms with Crippen LogP contribution in [-0.4, -0.2) is 34.0 Å². The van der Waals surface area contributed by atoms with Crippen molar-refractivity contribution < 1.29 is 19.1 Å². The highest BCUT2D eigenvalue weighted by molar-refractivity contribution is 6.39. The number of hydrogen-bond acceptors (Lipinski definition) is 6. The SMILES string of the molecule is CCOc1cc(C=NNC(=O)C(=O)Nc2c(C)n(C)n(-c3ccccc3)c2=O)ccc1OCc1ccc(Cl)cc1. The highest BCUT2D eigenvalue weighted by Gasteiger charge is 2.21. The standard InChI is InChI=1S/C29H28ClN5O5/c1-4-39-25-16-21(12-15-24(25)40-18-20-10-13-22(30)14-11-20)17-31-33-28(37)27(36)32-26-19(2)34(3)35(29(26)38)23-8-6-5-7-9-23/h5-17H,4,18H2,1-3H3,(H,32,36)(H,33,37). The molecule has 0 aliphatic heterocycles. The zero-order valence-electron chi connectivity index (χ0n) is 22.2. The highest BCUT2D eigenvalue weighted by Crippen LogP contribution is 2.29. The quantitative estimate of drug-likeness (QED) is 0.180. The summed E-state index contributed by atoms with van der Waals surface area (Å²) in [5.74, 6) is -1.02. The van der Waals surface area contributed by atoms with E-state index >= 15 is 0 Å². The molecule has 0 atom stereocenters. The van der Waals surface area contributed by atoms with E-state index in [9.17, 15) is 14.4 Å². The topological polar surface area (TPSA) is 116 Å². The highest BCUT2D eigenvalue weighted by atomic mass is 35.5. The van der Waals surface area contributed by atoms with Gasteiger partial charge in [-0.3, -0.25) is 19.1 Å². The summed E-state index contributed by atoms with van der Waals surface area (Å²) in [6, 6.07) is 21.5. The monoisotopic (exact) mass is 561 g/mol. The number of hydrogen-bond donors (Lipinski definition) is 2. The van der Waals surface area contributed by atoms with Crippen molar-refractivity contribution in [3.63, 3.8) is 0 Å². The van der Waals surface area contributed by atoms with Gasteiger partial charge in [0.25, 0.3) is 5.56 Å². The van der Waals surface area contributed by atoms with Gasteiger partial charge in [-0.25, -0.2) is 10.1 Å². The fraction of sp³-hybridized carbons (Fsp3) is 0.172. The number of carbonyl (C=O) groups excluding carboxylic acids is 2. The number of amides is 2. The van der Waals surface area contributed by atoms with Gasteiger partial charge >= 0.3 is 11.8 Å². The van der Waals surface area contributed by atoms with Gasteiger partial charge < -0.3 is 14.8 Å². The van der Waals surface area contributed by atoms with Gasteiger partial charge in [0.2, 0.25) is 0 Å². The number of aromatic nitrogens is 2. The first kappa shape index (κ1) is 28.2. The number of para-hydroxylation sites is 1. The second kappa shape index (κ2) is 12.8. The van der Waals surface area contributed by atoms with Crippen LogP contribution in [0.25, 0.3) is 5.69 Å². The Morgan fingerprint density at radius 1 is 0.975 bits per heavy atom. The Kier molecular flexibility index (Phi) is 9.03. The number of benzene rings is 3. The lowest BCUT2D eigenvalue weighted by atomic mass is 10.2. The Labute approximate surface area is 235 Å². The van der Waals surface area contributed by atoms with Gasteiger partial charge in [0.05, 0.1) is 24.2 Å². The normalized spacial score (nSPS) is 10.9. The van der Waals surface area contributed by atoms with Gasteiger partial charge in [-0.05, 0) is 67.4 Å². The summed E-state index contributed by atoms with van der Waals surface area (Å²) in [4.78, 5) is 37.9. The number of hydrazone groups is 1. The largest absolute Gasteiger partial charge is 0.490 e. The Bertz CT molecular complexity index is 1590. The summed E-state index contributed by atoms with van der Waals surface area (Å²) in [6.07, 6.45) is 1.37. The molecule has 0 saturated heterocycles. The smallest absolute Gasteiger partial charge is 0.329 e. The van der Waals surface area contributed by atoms with Crippen molar-refractivity contribution in [2.24, 2.45) is 12.1 Å². The van der Waals surface area contributed by atoms with Gasteiger partial charge in [0, 0.05) is 12.1 Å². The number of rotatable bonds is 9. The maximum atomic E-state index is 13.0. The van der Waals surface area contributed by atoms with Gasteiger partial charge in [-0.1, -0.05) is 41.9 Å². The molecular formula is C29H28ClN5O5. The van der Waals surface area contributed by atoms with Crippen LogP contribution in [0.5, 0.6) is 11.5 Å². The number of ether oxygens (including phenoxy) is 2. The molecule has 0 radical (unpaired) electrons. The fourth-order valence-electron chi connectivity index (χ4n) is 3.83. The minimum Gasteiger partial charge on any atom is -0.490 e. The van der Waals surface area contributed by atoms with Crippen molar-refractivity contribution in [1.29, 1.82) is 0 Å². The second-order valence-electron chi connectivity index (χ2n) is 8.64. The van der Waals surface area contributed by atoms with Crippen LogP contribution in [0, 0.1) is 6.92 Å². The van der Waals surface area contributed by atoms with E-state index in [0.29, 0.717) is 46.7 Å². The predicted octanol–water partition coefficient (Wildman–Crippen LogP) is 4.20. The van der Waals surface area contributed by atoms with Crippen LogP contribution in [0.15, 0.2) is 82.7 Å². The second-order valence-corrected chi connectivity index (χ2v) is 9.08. The van der Waals surface area contributed by atoms with E-state index in [-0.39, 0.29) is 5.69 Å². The summed E-state index contributed by atoms with van der Waals surface area (Å²) in [6.45, 7) is 4.27. The average Bonchev–Trinajstić information content (AvgIpc) is 3.16. The van der Waals surface area contributed by atoms with Crippen molar-refractivity contribution in [1.82, 2.24) is 14.8 Å². The van der Waals surface area contributed by atoms with Gasteiger partial charge in [-0.2, -0.15) is 5.10 Å². The molecule has 0 fully saturated rings. The molecule has 0 spiro atoms. The summed E-state index contributed by atoms with van der Waals surface area (Å²) >= 11 is 5.93. The number of nitrogens with zero attached hydrogens (tertiary/aromatic N) is 3. The third kappa shape index (κ3) is 6.59. The number of nitrogens with one attached hydrogen (secondary N) is 2. The molecule has 0 unspecified atom stereocenters. The van der Waals surface area contributed by atoms with Crippen molar-refractivity contribution in [3.05, 3.63) is 105 Å². The van der Waals surface area contributed by atoms with Crippen LogP contribution in [-0.2, 0) is 23.2 Å². The van der Waals surface area contributed by atoms with Crippen LogP contribution in [0.4, 0.5) is 5.69 Å². The van der Waals surface area contributed by atoms with E-state index in [0.717, 1.165) is 5.56 Å². The average molecular weight is 562 g/mol. The molecule has 1 aromatic heterocycles. The summed E-state index contributed by atoms with van der Waals surface area (Å²) in [5, 5.41) is 6.92. The summed E-state index contributed by atoms with van der Waals surface area (Å²) < 4.78 is 14.6. The maximum absolute atomic E-state index is 13.0. The van der Waals surface area contributed by atoms with Crippen LogP contribution in [0.2, 0.25) is 5.02 Å². The molecule has 2 N–H and O–H groups in total. The van der Waals surface area contributed by atoms with Crippen LogP contribution in [0.3, 0.4) is 0 Å². The van der Waals surface area contributed by atoms with E-state index in [4.69, 9.17) is 21.1 Å². The van der Waals surface area contributed by atoms with Crippen molar-refractivity contribution in [2.45, 2.75) is 20.5 Å². The van der Waals surface area contributed by atoms with Crippen molar-refractivity contribution >= 4 is 35.3 Å². The molecule has 11 heteroatoms. The molecular weight excluding hydrogens is 534 g/mol. The molecule has 0 aliphatic rings. The Morgan fingerprint density at radius 3 is 2.40 bits per heavy atom. The number of halogens is 1. The van der Waals surface area contributed by atoms with Crippen LogP contribution < -0.4 is 25.8 Å². The Morgan fingerprint density at radius 2 is 1.70 bits per heavy atom. The molecule has 0 aliphatic carbocycles. The minimum atomic E-state index is -1.03. The molecule has 40 heavy (non-hydrogen) atoms. The molecule has 0 bridgehead atoms. The minimum absolute atomic E-state index is 0.00558. The van der Waals surface area contributed by atoms with E-state index in [1.807, 2.05) is 25.1 Å². The third-order valence-corrected chi connectivity index (χ3v) is 6.21. The van der Waals surface area contributed by atoms with Crippen molar-refractivity contribution in [3.8, 4) is 17.2 Å². The predicted molar refractivity (Wildman–Crippen MR) is 154 cm³/mol. The maximum Gasteiger partial charge on any atom is 0.329 e. The lowest BCUT2D eigenvalue weighted by molar-refractivity contribution is -0.136. The van der Waals surface area contributed by atoms with Gasteiger partial charge in [0.1, 0.15) is 12.3 Å². The fourth-order valence-corrected chi connectivity index (χ4v) is 3.96. The number of anilines is 1. The van der Waals surface area contributed by atoms with E-state index in [2.05, 4.69) is 15.8 Å². The van der Waals surface area contributed by atoms with E-state index in [1.165, 1.54) is 10.9 Å².